The smallest absolute Gasteiger partial charge is 0.0441 e. The normalized spacial score (nSPS) is 12.3. The number of halogens is 1. The van der Waals surface area contributed by atoms with E-state index in [4.69, 9.17) is 11.6 Å². The van der Waals surface area contributed by atoms with Crippen LogP contribution in [-0.4, -0.2) is 17.6 Å². The zero-order valence-corrected chi connectivity index (χ0v) is 13.5. The lowest BCUT2D eigenvalue weighted by Crippen LogP contribution is -2.34. The summed E-state index contributed by atoms with van der Waals surface area (Å²) in [4.78, 5) is 4.43. The number of nitrogens with zero attached hydrogens (tertiary/aromatic N) is 1. The molecule has 0 amide bonds. The molecule has 0 spiro atoms. The van der Waals surface area contributed by atoms with Crippen LogP contribution in [0.2, 0.25) is 5.02 Å². The minimum Gasteiger partial charge on any atom is -0.313 e. The van der Waals surface area contributed by atoms with E-state index in [0.29, 0.717) is 6.04 Å². The van der Waals surface area contributed by atoms with Gasteiger partial charge in [0.15, 0.2) is 0 Å². The van der Waals surface area contributed by atoms with Gasteiger partial charge in [-0.2, -0.15) is 0 Å². The second-order valence-corrected chi connectivity index (χ2v) is 5.88. The number of aromatic nitrogens is 1. The van der Waals surface area contributed by atoms with E-state index in [1.807, 2.05) is 24.4 Å². The van der Waals surface area contributed by atoms with Crippen LogP contribution >= 0.6 is 11.6 Å². The van der Waals surface area contributed by atoms with Crippen molar-refractivity contribution in [2.75, 3.05) is 6.54 Å². The molecule has 3 heteroatoms. The quantitative estimate of drug-likeness (QED) is 0.829. The van der Waals surface area contributed by atoms with Gasteiger partial charge in [-0.3, -0.25) is 4.98 Å². The molecule has 112 valence electrons. The third-order valence-electron chi connectivity index (χ3n) is 3.54. The molecule has 0 radical (unpaired) electrons. The summed E-state index contributed by atoms with van der Waals surface area (Å²) < 4.78 is 0. The molecule has 0 fully saturated rings. The highest BCUT2D eigenvalue weighted by Gasteiger charge is 2.12. The fourth-order valence-corrected chi connectivity index (χ4v) is 2.73. The highest BCUT2D eigenvalue weighted by molar-refractivity contribution is 6.31. The Labute approximate surface area is 132 Å². The molecular weight excluding hydrogens is 280 g/mol. The molecule has 1 aromatic heterocycles. The van der Waals surface area contributed by atoms with Gasteiger partial charge in [0, 0.05) is 29.4 Å². The fraction of sp³-hybridized carbons (Fsp3) is 0.389. The molecule has 1 unspecified atom stereocenters. The van der Waals surface area contributed by atoms with Gasteiger partial charge in [0.05, 0.1) is 0 Å². The van der Waals surface area contributed by atoms with E-state index in [1.165, 1.54) is 11.1 Å². The lowest BCUT2D eigenvalue weighted by molar-refractivity contribution is 0.500. The van der Waals surface area contributed by atoms with Crippen LogP contribution in [0.1, 0.15) is 30.2 Å². The Morgan fingerprint density at radius 1 is 1.19 bits per heavy atom. The van der Waals surface area contributed by atoms with E-state index in [-0.39, 0.29) is 0 Å². The molecule has 0 saturated carbocycles. The van der Waals surface area contributed by atoms with Gasteiger partial charge in [-0.1, -0.05) is 36.7 Å². The molecule has 0 bridgehead atoms. The number of hydrogen-bond acceptors (Lipinski definition) is 2. The molecule has 0 aliphatic rings. The topological polar surface area (TPSA) is 24.9 Å². The molecule has 2 nitrogen and oxygen atoms in total. The summed E-state index contributed by atoms with van der Waals surface area (Å²) in [6, 6.07) is 12.7. The van der Waals surface area contributed by atoms with Crippen molar-refractivity contribution in [3.8, 4) is 0 Å². The van der Waals surface area contributed by atoms with Crippen LogP contribution in [0, 0.1) is 6.92 Å². The molecular formula is C18H23ClN2. The maximum Gasteiger partial charge on any atom is 0.0441 e. The monoisotopic (exact) mass is 302 g/mol. The van der Waals surface area contributed by atoms with E-state index in [1.54, 1.807) is 0 Å². The molecule has 21 heavy (non-hydrogen) atoms. The predicted molar refractivity (Wildman–Crippen MR) is 89.9 cm³/mol. The van der Waals surface area contributed by atoms with Gasteiger partial charge in [-0.05, 0) is 55.6 Å². The first-order chi connectivity index (χ1) is 10.2. The first-order valence-electron chi connectivity index (χ1n) is 7.57. The van der Waals surface area contributed by atoms with Crippen LogP contribution < -0.4 is 5.32 Å². The predicted octanol–water partition coefficient (Wildman–Crippen LogP) is 4.20. The van der Waals surface area contributed by atoms with Crippen molar-refractivity contribution in [2.24, 2.45) is 0 Å². The maximum absolute atomic E-state index is 6.37. The van der Waals surface area contributed by atoms with E-state index < -0.39 is 0 Å². The van der Waals surface area contributed by atoms with Gasteiger partial charge in [0.25, 0.3) is 0 Å². The molecule has 0 aliphatic heterocycles. The van der Waals surface area contributed by atoms with E-state index >= 15 is 0 Å². The van der Waals surface area contributed by atoms with Crippen molar-refractivity contribution in [3.05, 3.63) is 64.4 Å². The van der Waals surface area contributed by atoms with E-state index in [2.05, 4.69) is 42.3 Å². The third-order valence-corrected chi connectivity index (χ3v) is 3.89. The standard InChI is InChI=1S/C18H23ClN2/c1-3-9-20-17(13-16-6-4-5-10-21-16)12-15-8-7-14(2)11-18(15)19/h4-8,10-11,17,20H,3,9,12-13H2,1-2H3. The Morgan fingerprint density at radius 3 is 2.71 bits per heavy atom. The van der Waals surface area contributed by atoms with Crippen molar-refractivity contribution < 1.29 is 0 Å². The number of benzene rings is 1. The summed E-state index contributed by atoms with van der Waals surface area (Å²) in [5.74, 6) is 0. The fourth-order valence-electron chi connectivity index (χ4n) is 2.42. The zero-order chi connectivity index (χ0) is 15.1. The lowest BCUT2D eigenvalue weighted by atomic mass is 10.00. The van der Waals surface area contributed by atoms with Crippen LogP contribution in [0.15, 0.2) is 42.6 Å². The molecule has 2 aromatic rings. The van der Waals surface area contributed by atoms with Crippen molar-refractivity contribution in [3.63, 3.8) is 0 Å². The van der Waals surface area contributed by atoms with Gasteiger partial charge >= 0.3 is 0 Å². The van der Waals surface area contributed by atoms with Crippen LogP contribution in [-0.2, 0) is 12.8 Å². The summed E-state index contributed by atoms with van der Waals surface area (Å²) >= 11 is 6.37. The van der Waals surface area contributed by atoms with Crippen LogP contribution in [0.5, 0.6) is 0 Å². The Balaban J connectivity index is 2.08. The Morgan fingerprint density at radius 2 is 2.05 bits per heavy atom. The summed E-state index contributed by atoms with van der Waals surface area (Å²) in [7, 11) is 0. The minimum absolute atomic E-state index is 0.361. The highest BCUT2D eigenvalue weighted by atomic mass is 35.5. The minimum atomic E-state index is 0.361. The highest BCUT2D eigenvalue weighted by Crippen LogP contribution is 2.20. The second kappa shape index (κ2) is 8.16. The van der Waals surface area contributed by atoms with Crippen molar-refractivity contribution in [1.82, 2.24) is 10.3 Å². The lowest BCUT2D eigenvalue weighted by Gasteiger charge is -2.19. The van der Waals surface area contributed by atoms with E-state index in [9.17, 15) is 0 Å². The summed E-state index contributed by atoms with van der Waals surface area (Å²) in [5, 5.41) is 4.47. The van der Waals surface area contributed by atoms with Gasteiger partial charge in [-0.15, -0.1) is 0 Å². The van der Waals surface area contributed by atoms with Gasteiger partial charge in [-0.25, -0.2) is 0 Å². The Hall–Kier alpha value is -1.38. The number of pyridine rings is 1. The number of aryl methyl sites for hydroxylation is 1. The molecule has 1 heterocycles. The van der Waals surface area contributed by atoms with Gasteiger partial charge in [0.1, 0.15) is 0 Å². The Kier molecular flexibility index (Phi) is 6.21. The van der Waals surface area contributed by atoms with Gasteiger partial charge < -0.3 is 5.32 Å². The SMILES string of the molecule is CCCNC(Cc1ccccn1)Cc1ccc(C)cc1Cl. The number of nitrogens with one attached hydrogen (secondary N) is 1. The van der Waals surface area contributed by atoms with Crippen molar-refractivity contribution >= 4 is 11.6 Å². The first kappa shape index (κ1) is 16.0. The summed E-state index contributed by atoms with van der Waals surface area (Å²) in [5.41, 5.74) is 3.52. The van der Waals surface area contributed by atoms with Crippen LogP contribution in [0.25, 0.3) is 0 Å². The molecule has 1 atom stereocenters. The zero-order valence-electron chi connectivity index (χ0n) is 12.8. The van der Waals surface area contributed by atoms with Crippen molar-refractivity contribution in [2.45, 2.75) is 39.2 Å². The van der Waals surface area contributed by atoms with Crippen LogP contribution in [0.4, 0.5) is 0 Å². The van der Waals surface area contributed by atoms with Crippen molar-refractivity contribution in [1.29, 1.82) is 0 Å². The molecule has 0 saturated heterocycles. The molecule has 0 aliphatic carbocycles. The largest absolute Gasteiger partial charge is 0.313 e. The third kappa shape index (κ3) is 5.14. The summed E-state index contributed by atoms with van der Waals surface area (Å²) in [6.45, 7) is 5.26. The average Bonchev–Trinajstić information content (AvgIpc) is 2.48. The van der Waals surface area contributed by atoms with Crippen LogP contribution in [0.3, 0.4) is 0 Å². The summed E-state index contributed by atoms with van der Waals surface area (Å²) in [6.07, 6.45) is 4.83. The van der Waals surface area contributed by atoms with Gasteiger partial charge in [0.2, 0.25) is 0 Å². The average molecular weight is 303 g/mol. The van der Waals surface area contributed by atoms with E-state index in [0.717, 1.165) is 36.5 Å². The molecule has 1 aromatic carbocycles. The first-order valence-corrected chi connectivity index (χ1v) is 7.95. The molecule has 2 rings (SSSR count). The maximum atomic E-state index is 6.37. The molecule has 1 N–H and O–H groups in total. The number of rotatable bonds is 7. The Bertz CT molecular complexity index is 554. The second-order valence-electron chi connectivity index (χ2n) is 5.48. The number of hydrogen-bond donors (Lipinski definition) is 1.